The largest absolute Gasteiger partial charge is 0.497 e. The van der Waals surface area contributed by atoms with E-state index in [0.29, 0.717) is 43.9 Å². The molecule has 2 aromatic heterocycles. The second kappa shape index (κ2) is 9.17. The maximum Gasteiger partial charge on any atom is 0.262 e. The molecule has 168 valence electrons. The van der Waals surface area contributed by atoms with Gasteiger partial charge in [-0.15, -0.1) is 11.3 Å². The summed E-state index contributed by atoms with van der Waals surface area (Å²) in [5, 5.41) is 5.97. The molecule has 0 aliphatic rings. The number of carbonyl (C=O) groups is 3. The van der Waals surface area contributed by atoms with Crippen molar-refractivity contribution in [2.24, 2.45) is 0 Å². The Morgan fingerprint density at radius 3 is 2.52 bits per heavy atom. The lowest BCUT2D eigenvalue weighted by Gasteiger charge is -2.08. The molecule has 4 aromatic rings. The number of nitrogens with zero attached hydrogens (tertiary/aromatic N) is 2. The summed E-state index contributed by atoms with van der Waals surface area (Å²) in [7, 11) is 1.56. The SMILES string of the molecule is COc1ccc2c(c1)c(CC(=O)Nc1nc(C(C)=O)cs1)c(C)n2C(=O)c1ccc(Cl)cc1. The standard InChI is InChI=1S/C24H20ClN3O4S/c1-13-18(11-22(30)27-24-26-20(12-33-24)14(2)29)19-10-17(32-3)8-9-21(19)28(13)23(31)15-4-6-16(25)7-5-15/h4-10,12H,11H2,1-3H3,(H,26,27,30). The second-order valence-electron chi connectivity index (χ2n) is 7.41. The summed E-state index contributed by atoms with van der Waals surface area (Å²) >= 11 is 7.15. The first-order chi connectivity index (χ1) is 15.8. The third-order valence-electron chi connectivity index (χ3n) is 5.28. The summed E-state index contributed by atoms with van der Waals surface area (Å²) in [6.45, 7) is 3.23. The van der Waals surface area contributed by atoms with Crippen molar-refractivity contribution in [3.05, 3.63) is 75.4 Å². The third kappa shape index (κ3) is 4.53. The van der Waals surface area contributed by atoms with Gasteiger partial charge in [0.2, 0.25) is 5.91 Å². The summed E-state index contributed by atoms with van der Waals surface area (Å²) in [5.74, 6) is -0.0786. The highest BCUT2D eigenvalue weighted by molar-refractivity contribution is 7.14. The van der Waals surface area contributed by atoms with Crippen LogP contribution in [0.4, 0.5) is 5.13 Å². The van der Waals surface area contributed by atoms with Gasteiger partial charge in [-0.1, -0.05) is 11.6 Å². The van der Waals surface area contributed by atoms with Gasteiger partial charge in [-0.05, 0) is 55.0 Å². The molecule has 0 fully saturated rings. The number of nitrogens with one attached hydrogen (secondary N) is 1. The van der Waals surface area contributed by atoms with Gasteiger partial charge < -0.3 is 10.1 Å². The van der Waals surface area contributed by atoms with Crippen LogP contribution in [-0.2, 0) is 11.2 Å². The van der Waals surface area contributed by atoms with Gasteiger partial charge in [0.05, 0.1) is 19.0 Å². The van der Waals surface area contributed by atoms with Crippen LogP contribution in [0.3, 0.4) is 0 Å². The lowest BCUT2D eigenvalue weighted by Crippen LogP contribution is -2.16. The van der Waals surface area contributed by atoms with Crippen LogP contribution >= 0.6 is 22.9 Å². The van der Waals surface area contributed by atoms with E-state index in [-0.39, 0.29) is 24.0 Å². The molecule has 2 heterocycles. The number of benzene rings is 2. The first kappa shape index (κ1) is 22.7. The highest BCUT2D eigenvalue weighted by Gasteiger charge is 2.22. The van der Waals surface area contributed by atoms with E-state index in [1.165, 1.54) is 18.3 Å². The molecule has 0 aliphatic carbocycles. The van der Waals surface area contributed by atoms with Gasteiger partial charge in [-0.2, -0.15) is 0 Å². The fourth-order valence-electron chi connectivity index (χ4n) is 3.61. The molecule has 9 heteroatoms. The van der Waals surface area contributed by atoms with E-state index in [9.17, 15) is 14.4 Å². The van der Waals surface area contributed by atoms with Gasteiger partial charge in [-0.25, -0.2) is 4.98 Å². The molecule has 0 spiro atoms. The molecule has 2 aromatic carbocycles. The summed E-state index contributed by atoms with van der Waals surface area (Å²) in [4.78, 5) is 41.8. The molecule has 0 aliphatic heterocycles. The normalized spacial score (nSPS) is 10.9. The highest BCUT2D eigenvalue weighted by Crippen LogP contribution is 2.31. The van der Waals surface area contributed by atoms with Crippen molar-refractivity contribution in [1.82, 2.24) is 9.55 Å². The number of aromatic nitrogens is 2. The molecule has 0 radical (unpaired) electrons. The van der Waals surface area contributed by atoms with Crippen molar-refractivity contribution >= 4 is 56.6 Å². The summed E-state index contributed by atoms with van der Waals surface area (Å²) < 4.78 is 6.96. The van der Waals surface area contributed by atoms with Gasteiger partial charge in [-0.3, -0.25) is 19.0 Å². The molecular weight excluding hydrogens is 462 g/mol. The molecule has 1 amide bonds. The molecule has 0 unspecified atom stereocenters. The van der Waals surface area contributed by atoms with E-state index in [2.05, 4.69) is 10.3 Å². The van der Waals surface area contributed by atoms with Crippen molar-refractivity contribution in [3.8, 4) is 5.75 Å². The van der Waals surface area contributed by atoms with Gasteiger partial charge >= 0.3 is 0 Å². The Kier molecular flexibility index (Phi) is 6.31. The van der Waals surface area contributed by atoms with Crippen LogP contribution in [0.5, 0.6) is 5.75 Å². The number of anilines is 1. The zero-order chi connectivity index (χ0) is 23.7. The lowest BCUT2D eigenvalue weighted by molar-refractivity contribution is -0.115. The highest BCUT2D eigenvalue weighted by atomic mass is 35.5. The van der Waals surface area contributed by atoms with Crippen molar-refractivity contribution in [1.29, 1.82) is 0 Å². The van der Waals surface area contributed by atoms with E-state index in [4.69, 9.17) is 16.3 Å². The number of halogens is 1. The number of fused-ring (bicyclic) bond motifs is 1. The molecule has 0 saturated heterocycles. The Morgan fingerprint density at radius 2 is 1.88 bits per heavy atom. The fraction of sp³-hybridized carbons (Fsp3) is 0.167. The second-order valence-corrected chi connectivity index (χ2v) is 8.71. The number of ether oxygens (including phenoxy) is 1. The molecule has 7 nitrogen and oxygen atoms in total. The molecular formula is C24H20ClN3O4S. The molecule has 0 atom stereocenters. The number of hydrogen-bond acceptors (Lipinski definition) is 6. The topological polar surface area (TPSA) is 90.3 Å². The van der Waals surface area contributed by atoms with Gasteiger partial charge in [0.1, 0.15) is 11.4 Å². The minimum Gasteiger partial charge on any atom is -0.497 e. The minimum atomic E-state index is -0.302. The zero-order valence-electron chi connectivity index (χ0n) is 18.1. The number of rotatable bonds is 6. The third-order valence-corrected chi connectivity index (χ3v) is 6.29. The number of thiazole rings is 1. The number of carbonyl (C=O) groups excluding carboxylic acids is 3. The Labute approximate surface area is 199 Å². The predicted octanol–water partition coefficient (Wildman–Crippen LogP) is 5.14. The molecule has 4 rings (SSSR count). The quantitative estimate of drug-likeness (QED) is 0.385. The van der Waals surface area contributed by atoms with Crippen LogP contribution in [0, 0.1) is 6.92 Å². The fourth-order valence-corrected chi connectivity index (χ4v) is 4.50. The maximum atomic E-state index is 13.4. The van der Waals surface area contributed by atoms with Crippen molar-refractivity contribution in [2.75, 3.05) is 12.4 Å². The van der Waals surface area contributed by atoms with Crippen molar-refractivity contribution < 1.29 is 19.1 Å². The Morgan fingerprint density at radius 1 is 1.15 bits per heavy atom. The smallest absolute Gasteiger partial charge is 0.262 e. The van der Waals surface area contributed by atoms with Crippen LogP contribution in [-0.4, -0.2) is 34.3 Å². The van der Waals surface area contributed by atoms with Crippen LogP contribution in [0.2, 0.25) is 5.02 Å². The van der Waals surface area contributed by atoms with E-state index < -0.39 is 0 Å². The van der Waals surface area contributed by atoms with Crippen molar-refractivity contribution in [3.63, 3.8) is 0 Å². The average molecular weight is 482 g/mol. The Balaban J connectivity index is 1.73. The number of methoxy groups -OCH3 is 1. The zero-order valence-corrected chi connectivity index (χ0v) is 19.7. The maximum absolute atomic E-state index is 13.4. The first-order valence-corrected chi connectivity index (χ1v) is 11.3. The summed E-state index contributed by atoms with van der Waals surface area (Å²) in [6, 6.07) is 12.1. The van der Waals surface area contributed by atoms with Crippen LogP contribution in [0.1, 0.15) is 39.0 Å². The number of hydrogen-bond donors (Lipinski definition) is 1. The van der Waals surface area contributed by atoms with E-state index in [1.807, 2.05) is 6.07 Å². The van der Waals surface area contributed by atoms with Gasteiger partial charge in [0.25, 0.3) is 5.91 Å². The van der Waals surface area contributed by atoms with Crippen LogP contribution in [0.15, 0.2) is 47.8 Å². The minimum absolute atomic E-state index is 0.0192. The van der Waals surface area contributed by atoms with Crippen LogP contribution in [0.25, 0.3) is 10.9 Å². The van der Waals surface area contributed by atoms with Gasteiger partial charge in [0.15, 0.2) is 10.9 Å². The van der Waals surface area contributed by atoms with Gasteiger partial charge in [0, 0.05) is 34.0 Å². The molecule has 0 bridgehead atoms. The lowest BCUT2D eigenvalue weighted by atomic mass is 10.1. The van der Waals surface area contributed by atoms with E-state index in [1.54, 1.807) is 60.4 Å². The molecule has 33 heavy (non-hydrogen) atoms. The monoisotopic (exact) mass is 481 g/mol. The number of ketones is 1. The van der Waals surface area contributed by atoms with Crippen molar-refractivity contribution in [2.45, 2.75) is 20.3 Å². The molecule has 1 N–H and O–H groups in total. The Bertz CT molecular complexity index is 1390. The summed E-state index contributed by atoms with van der Waals surface area (Å²) in [6.07, 6.45) is 0.0192. The van der Waals surface area contributed by atoms with E-state index in [0.717, 1.165) is 5.39 Å². The first-order valence-electron chi connectivity index (χ1n) is 10.0. The summed E-state index contributed by atoms with van der Waals surface area (Å²) in [5.41, 5.74) is 2.81. The van der Waals surface area contributed by atoms with E-state index >= 15 is 0 Å². The number of Topliss-reactive ketones (excluding diaryl/α,β-unsaturated/α-hetero) is 1. The predicted molar refractivity (Wildman–Crippen MR) is 129 cm³/mol. The number of amides is 1. The Hall–Kier alpha value is -3.49. The average Bonchev–Trinajstić information content (AvgIpc) is 3.36. The molecule has 0 saturated carbocycles. The van der Waals surface area contributed by atoms with Crippen LogP contribution < -0.4 is 10.1 Å².